The van der Waals surface area contributed by atoms with Crippen molar-refractivity contribution in [1.82, 2.24) is 10.6 Å². The van der Waals surface area contributed by atoms with E-state index in [1.165, 1.54) is 11.1 Å². The molecule has 1 amide bonds. The van der Waals surface area contributed by atoms with Crippen molar-refractivity contribution in [2.75, 3.05) is 19.8 Å². The Morgan fingerprint density at radius 3 is 2.73 bits per heavy atom. The molecular formula is C18H28N2O2. The van der Waals surface area contributed by atoms with Crippen LogP contribution in [0, 0.1) is 12.3 Å². The van der Waals surface area contributed by atoms with Crippen molar-refractivity contribution < 1.29 is 9.53 Å². The van der Waals surface area contributed by atoms with Gasteiger partial charge >= 0.3 is 0 Å². The molecule has 122 valence electrons. The van der Waals surface area contributed by atoms with Crippen LogP contribution in [-0.4, -0.2) is 31.7 Å². The van der Waals surface area contributed by atoms with Gasteiger partial charge in [-0.3, -0.25) is 4.79 Å². The Hall–Kier alpha value is -1.39. The number of hydrogen-bond donors (Lipinski definition) is 2. The van der Waals surface area contributed by atoms with Crippen molar-refractivity contribution in [3.05, 3.63) is 35.4 Å². The second-order valence-corrected chi connectivity index (χ2v) is 7.15. The van der Waals surface area contributed by atoms with Crippen molar-refractivity contribution in [2.45, 2.75) is 46.2 Å². The summed E-state index contributed by atoms with van der Waals surface area (Å²) in [6.45, 7) is 10.7. The fourth-order valence-corrected chi connectivity index (χ4v) is 2.87. The molecule has 2 rings (SSSR count). The van der Waals surface area contributed by atoms with Crippen molar-refractivity contribution >= 4 is 5.91 Å². The Morgan fingerprint density at radius 2 is 2.14 bits per heavy atom. The van der Waals surface area contributed by atoms with E-state index in [1.54, 1.807) is 0 Å². The van der Waals surface area contributed by atoms with E-state index in [9.17, 15) is 4.79 Å². The number of amides is 1. The van der Waals surface area contributed by atoms with E-state index < -0.39 is 0 Å². The van der Waals surface area contributed by atoms with Crippen molar-refractivity contribution in [2.24, 2.45) is 5.41 Å². The van der Waals surface area contributed by atoms with Crippen molar-refractivity contribution in [3.8, 4) is 0 Å². The standard InChI is InChI=1S/C18H28N2O2/c1-13-7-5-6-8-15(13)17(18(2,3)4)20-16(21)11-14-12-22-10-9-19-14/h5-8,14,17,19H,9-12H2,1-4H3,(H,20,21). The first kappa shape index (κ1) is 17.0. The molecule has 1 fully saturated rings. The third-order valence-electron chi connectivity index (χ3n) is 4.10. The van der Waals surface area contributed by atoms with Gasteiger partial charge in [0.1, 0.15) is 0 Å². The van der Waals surface area contributed by atoms with Crippen molar-refractivity contribution in [1.29, 1.82) is 0 Å². The zero-order chi connectivity index (χ0) is 16.2. The highest BCUT2D eigenvalue weighted by molar-refractivity contribution is 5.77. The van der Waals surface area contributed by atoms with E-state index in [-0.39, 0.29) is 23.4 Å². The number of hydrogen-bond acceptors (Lipinski definition) is 3. The Balaban J connectivity index is 2.07. The molecule has 0 bridgehead atoms. The van der Waals surface area contributed by atoms with Gasteiger partial charge in [0.05, 0.1) is 19.3 Å². The highest BCUT2D eigenvalue weighted by Gasteiger charge is 2.29. The van der Waals surface area contributed by atoms with Crippen LogP contribution in [0.3, 0.4) is 0 Å². The maximum atomic E-state index is 12.4. The summed E-state index contributed by atoms with van der Waals surface area (Å²) in [5.41, 5.74) is 2.36. The van der Waals surface area contributed by atoms with Gasteiger partial charge in [0, 0.05) is 19.0 Å². The average molecular weight is 304 g/mol. The van der Waals surface area contributed by atoms with Crippen LogP contribution < -0.4 is 10.6 Å². The van der Waals surface area contributed by atoms with Gasteiger partial charge in [-0.05, 0) is 23.5 Å². The highest BCUT2D eigenvalue weighted by Crippen LogP contribution is 2.34. The Morgan fingerprint density at radius 1 is 1.41 bits per heavy atom. The molecule has 0 aliphatic carbocycles. The number of ether oxygens (including phenoxy) is 1. The second kappa shape index (κ2) is 7.25. The molecular weight excluding hydrogens is 276 g/mol. The number of benzene rings is 1. The van der Waals surface area contributed by atoms with Crippen molar-refractivity contribution in [3.63, 3.8) is 0 Å². The zero-order valence-corrected chi connectivity index (χ0v) is 14.1. The molecule has 1 heterocycles. The van der Waals surface area contributed by atoms with Crippen LogP contribution in [0.4, 0.5) is 0 Å². The summed E-state index contributed by atoms with van der Waals surface area (Å²) in [4.78, 5) is 12.4. The maximum Gasteiger partial charge on any atom is 0.222 e. The third-order valence-corrected chi connectivity index (χ3v) is 4.10. The number of carbonyl (C=O) groups excluding carboxylic acids is 1. The monoisotopic (exact) mass is 304 g/mol. The summed E-state index contributed by atoms with van der Waals surface area (Å²) in [7, 11) is 0. The molecule has 22 heavy (non-hydrogen) atoms. The molecule has 1 aliphatic rings. The predicted molar refractivity (Wildman–Crippen MR) is 88.7 cm³/mol. The fourth-order valence-electron chi connectivity index (χ4n) is 2.87. The van der Waals surface area contributed by atoms with E-state index in [2.05, 4.69) is 50.5 Å². The summed E-state index contributed by atoms with van der Waals surface area (Å²) in [5, 5.41) is 6.55. The lowest BCUT2D eigenvalue weighted by atomic mass is 9.80. The molecule has 2 unspecified atom stereocenters. The van der Waals surface area contributed by atoms with Crippen LogP contribution in [0.15, 0.2) is 24.3 Å². The summed E-state index contributed by atoms with van der Waals surface area (Å²) in [6.07, 6.45) is 0.457. The molecule has 1 aromatic carbocycles. The van der Waals surface area contributed by atoms with Gasteiger partial charge in [-0.2, -0.15) is 0 Å². The molecule has 2 atom stereocenters. The first-order chi connectivity index (χ1) is 10.4. The second-order valence-electron chi connectivity index (χ2n) is 7.15. The number of rotatable bonds is 4. The summed E-state index contributed by atoms with van der Waals surface area (Å²) >= 11 is 0. The lowest BCUT2D eigenvalue weighted by molar-refractivity contribution is -0.123. The average Bonchev–Trinajstić information content (AvgIpc) is 2.46. The van der Waals surface area contributed by atoms with E-state index in [0.717, 1.165) is 13.2 Å². The Labute approximate surface area is 133 Å². The molecule has 0 spiro atoms. The molecule has 0 radical (unpaired) electrons. The maximum absolute atomic E-state index is 12.4. The van der Waals surface area contributed by atoms with Crippen LogP contribution in [-0.2, 0) is 9.53 Å². The van der Waals surface area contributed by atoms with Gasteiger partial charge in [0.15, 0.2) is 0 Å². The molecule has 0 aromatic heterocycles. The molecule has 1 aromatic rings. The molecule has 1 saturated heterocycles. The normalized spacial score (nSPS) is 20.5. The number of morpholine rings is 1. The van der Waals surface area contributed by atoms with Gasteiger partial charge < -0.3 is 15.4 Å². The van der Waals surface area contributed by atoms with E-state index in [4.69, 9.17) is 4.74 Å². The minimum Gasteiger partial charge on any atom is -0.378 e. The predicted octanol–water partition coefficient (Wildman–Crippen LogP) is 2.58. The van der Waals surface area contributed by atoms with E-state index >= 15 is 0 Å². The fraction of sp³-hybridized carbons (Fsp3) is 0.611. The van der Waals surface area contributed by atoms with Gasteiger partial charge in [-0.25, -0.2) is 0 Å². The molecule has 2 N–H and O–H groups in total. The lowest BCUT2D eigenvalue weighted by Crippen LogP contribution is -2.45. The first-order valence-electron chi connectivity index (χ1n) is 8.04. The quantitative estimate of drug-likeness (QED) is 0.899. The van der Waals surface area contributed by atoms with Gasteiger partial charge in [-0.15, -0.1) is 0 Å². The minimum atomic E-state index is -0.0434. The van der Waals surface area contributed by atoms with Crippen LogP contribution in [0.1, 0.15) is 44.4 Å². The van der Waals surface area contributed by atoms with Crippen LogP contribution in [0.25, 0.3) is 0 Å². The van der Waals surface area contributed by atoms with Gasteiger partial charge in [0.2, 0.25) is 5.91 Å². The van der Waals surface area contributed by atoms with Crippen LogP contribution in [0.2, 0.25) is 0 Å². The number of nitrogens with one attached hydrogen (secondary N) is 2. The molecule has 4 nitrogen and oxygen atoms in total. The largest absolute Gasteiger partial charge is 0.378 e. The summed E-state index contributed by atoms with van der Waals surface area (Å²) < 4.78 is 5.42. The SMILES string of the molecule is Cc1ccccc1C(NC(=O)CC1COCCN1)C(C)(C)C. The summed E-state index contributed by atoms with van der Waals surface area (Å²) in [5.74, 6) is 0.0752. The first-order valence-corrected chi connectivity index (χ1v) is 8.04. The van der Waals surface area contributed by atoms with Crippen LogP contribution >= 0.6 is 0 Å². The Kier molecular flexibility index (Phi) is 5.59. The van der Waals surface area contributed by atoms with Gasteiger partial charge in [-0.1, -0.05) is 45.0 Å². The number of aryl methyl sites for hydroxylation is 1. The molecule has 4 heteroatoms. The van der Waals surface area contributed by atoms with Crippen LogP contribution in [0.5, 0.6) is 0 Å². The van der Waals surface area contributed by atoms with Gasteiger partial charge in [0.25, 0.3) is 0 Å². The topological polar surface area (TPSA) is 50.4 Å². The molecule has 0 saturated carbocycles. The van der Waals surface area contributed by atoms with E-state index in [1.807, 2.05) is 12.1 Å². The highest BCUT2D eigenvalue weighted by atomic mass is 16.5. The lowest BCUT2D eigenvalue weighted by Gasteiger charge is -2.34. The Bertz CT molecular complexity index is 502. The molecule has 1 aliphatic heterocycles. The summed E-state index contributed by atoms with van der Waals surface area (Å²) in [6, 6.07) is 8.38. The zero-order valence-electron chi connectivity index (χ0n) is 14.1. The third kappa shape index (κ3) is 4.55. The smallest absolute Gasteiger partial charge is 0.222 e. The minimum absolute atomic E-state index is 0.00529. The van der Waals surface area contributed by atoms with E-state index in [0.29, 0.717) is 13.0 Å². The number of carbonyl (C=O) groups is 1.